The van der Waals surface area contributed by atoms with Crippen molar-refractivity contribution < 1.29 is 4.74 Å². The van der Waals surface area contributed by atoms with Crippen molar-refractivity contribution in [1.29, 1.82) is 0 Å². The van der Waals surface area contributed by atoms with Crippen molar-refractivity contribution in [2.24, 2.45) is 0 Å². The van der Waals surface area contributed by atoms with E-state index in [9.17, 15) is 0 Å². The van der Waals surface area contributed by atoms with Gasteiger partial charge in [-0.25, -0.2) is 0 Å². The molecule has 3 rings (SSSR count). The molecule has 0 aliphatic carbocycles. The molecular weight excluding hydrogens is 214 g/mol. The van der Waals surface area contributed by atoms with Crippen LogP contribution < -0.4 is 5.32 Å². The maximum atomic E-state index is 5.77. The van der Waals surface area contributed by atoms with Crippen molar-refractivity contribution in [3.8, 4) is 0 Å². The second-order valence-electron chi connectivity index (χ2n) is 3.90. The summed E-state index contributed by atoms with van der Waals surface area (Å²) in [5.41, 5.74) is -0.0218. The number of rotatable bonds is 3. The van der Waals surface area contributed by atoms with Crippen LogP contribution in [-0.2, 0) is 11.3 Å². The first-order chi connectivity index (χ1) is 7.25. The molecule has 1 aliphatic rings. The summed E-state index contributed by atoms with van der Waals surface area (Å²) in [6.45, 7) is 4.48. The maximum Gasteiger partial charge on any atom is 0.234 e. The maximum absolute atomic E-state index is 5.77. The first-order valence-electron chi connectivity index (χ1n) is 4.76. The van der Waals surface area contributed by atoms with Crippen molar-refractivity contribution in [2.75, 3.05) is 13.1 Å². The molecule has 1 fully saturated rings. The van der Waals surface area contributed by atoms with Gasteiger partial charge in [-0.1, -0.05) is 11.3 Å². The minimum absolute atomic E-state index is 0.0218. The van der Waals surface area contributed by atoms with E-state index in [1.807, 2.05) is 0 Å². The highest BCUT2D eigenvalue weighted by Crippen LogP contribution is 2.19. The fourth-order valence-corrected chi connectivity index (χ4v) is 2.20. The zero-order chi connectivity index (χ0) is 10.3. The van der Waals surface area contributed by atoms with Gasteiger partial charge in [0.25, 0.3) is 0 Å². The summed E-state index contributed by atoms with van der Waals surface area (Å²) in [7, 11) is 0. The molecule has 0 aromatic carbocycles. The lowest BCUT2D eigenvalue weighted by molar-refractivity contribution is -0.0769. The third-order valence-corrected chi connectivity index (χ3v) is 3.36. The van der Waals surface area contributed by atoms with E-state index < -0.39 is 0 Å². The smallest absolute Gasteiger partial charge is 0.234 e. The topological polar surface area (TPSA) is 64.3 Å². The quantitative estimate of drug-likeness (QED) is 0.800. The first-order valence-corrected chi connectivity index (χ1v) is 5.57. The van der Waals surface area contributed by atoms with Gasteiger partial charge in [-0.2, -0.15) is 9.61 Å². The van der Waals surface area contributed by atoms with Gasteiger partial charge in [-0.15, -0.1) is 10.2 Å². The van der Waals surface area contributed by atoms with Crippen LogP contribution in [0.1, 0.15) is 11.9 Å². The van der Waals surface area contributed by atoms with E-state index in [4.69, 9.17) is 4.74 Å². The fourth-order valence-electron chi connectivity index (χ4n) is 1.47. The molecule has 1 saturated heterocycles. The van der Waals surface area contributed by atoms with Gasteiger partial charge in [0, 0.05) is 13.1 Å². The predicted molar refractivity (Wildman–Crippen MR) is 54.7 cm³/mol. The van der Waals surface area contributed by atoms with Crippen LogP contribution >= 0.6 is 11.3 Å². The summed E-state index contributed by atoms with van der Waals surface area (Å²) in [6.07, 6.45) is 1.60. The van der Waals surface area contributed by atoms with Gasteiger partial charge in [0.2, 0.25) is 4.96 Å². The third kappa shape index (κ3) is 1.62. The van der Waals surface area contributed by atoms with Crippen molar-refractivity contribution >= 4 is 16.3 Å². The zero-order valence-corrected chi connectivity index (χ0v) is 9.12. The van der Waals surface area contributed by atoms with Gasteiger partial charge >= 0.3 is 0 Å². The number of ether oxygens (including phenoxy) is 1. The van der Waals surface area contributed by atoms with E-state index in [1.165, 1.54) is 11.3 Å². The standard InChI is InChI=1S/C8H11N5OS/c1-8(3-9-4-8)14-2-6-12-13-5-10-11-7(13)15-6/h5,9H,2-4H2,1H3. The van der Waals surface area contributed by atoms with Gasteiger partial charge in [0.1, 0.15) is 17.9 Å². The first kappa shape index (κ1) is 9.20. The van der Waals surface area contributed by atoms with Crippen LogP contribution in [0.5, 0.6) is 0 Å². The van der Waals surface area contributed by atoms with Crippen LogP contribution in [0.25, 0.3) is 4.96 Å². The summed E-state index contributed by atoms with van der Waals surface area (Å²) in [4.78, 5) is 0.811. The Kier molecular flexibility index (Phi) is 1.98. The van der Waals surface area contributed by atoms with Crippen molar-refractivity contribution in [3.63, 3.8) is 0 Å². The molecule has 15 heavy (non-hydrogen) atoms. The summed E-state index contributed by atoms with van der Waals surface area (Å²) >= 11 is 1.51. The number of nitrogens with zero attached hydrogens (tertiary/aromatic N) is 4. The lowest BCUT2D eigenvalue weighted by Crippen LogP contribution is -2.58. The van der Waals surface area contributed by atoms with E-state index in [1.54, 1.807) is 10.8 Å². The molecule has 2 aromatic heterocycles. The van der Waals surface area contributed by atoms with Crippen molar-refractivity contribution in [2.45, 2.75) is 19.1 Å². The van der Waals surface area contributed by atoms with Crippen molar-refractivity contribution in [3.05, 3.63) is 11.3 Å². The summed E-state index contributed by atoms with van der Waals surface area (Å²) in [5.74, 6) is 0. The second kappa shape index (κ2) is 3.22. The highest BCUT2D eigenvalue weighted by Gasteiger charge is 2.32. The number of fused-ring (bicyclic) bond motifs is 1. The average Bonchev–Trinajstić information content (AvgIpc) is 2.70. The Morgan fingerprint density at radius 3 is 3.20 bits per heavy atom. The highest BCUT2D eigenvalue weighted by molar-refractivity contribution is 7.16. The minimum atomic E-state index is -0.0218. The normalized spacial score (nSPS) is 19.3. The van der Waals surface area contributed by atoms with E-state index in [-0.39, 0.29) is 5.60 Å². The molecule has 0 saturated carbocycles. The minimum Gasteiger partial charge on any atom is -0.365 e. The fraction of sp³-hybridized carbons (Fsp3) is 0.625. The Morgan fingerprint density at radius 2 is 2.53 bits per heavy atom. The molecule has 3 heterocycles. The molecule has 2 aromatic rings. The Hall–Kier alpha value is -1.05. The molecular formula is C8H11N5OS. The van der Waals surface area contributed by atoms with E-state index >= 15 is 0 Å². The third-order valence-electron chi connectivity index (χ3n) is 2.47. The van der Waals surface area contributed by atoms with Gasteiger partial charge in [-0.3, -0.25) is 0 Å². The molecule has 1 N–H and O–H groups in total. The molecule has 0 atom stereocenters. The van der Waals surface area contributed by atoms with Crippen molar-refractivity contribution in [1.82, 2.24) is 25.1 Å². The Labute approximate surface area is 90.3 Å². The van der Waals surface area contributed by atoms with Gasteiger partial charge in [-0.05, 0) is 6.92 Å². The summed E-state index contributed by atoms with van der Waals surface area (Å²) in [6, 6.07) is 0. The molecule has 1 aliphatic heterocycles. The number of aromatic nitrogens is 4. The average molecular weight is 225 g/mol. The lowest BCUT2D eigenvalue weighted by Gasteiger charge is -2.38. The number of hydrogen-bond donors (Lipinski definition) is 1. The second-order valence-corrected chi connectivity index (χ2v) is 4.94. The molecule has 0 radical (unpaired) electrons. The van der Waals surface area contributed by atoms with E-state index in [0.29, 0.717) is 6.61 Å². The predicted octanol–water partition coefficient (Wildman–Crippen LogP) is 0.0643. The summed E-state index contributed by atoms with van der Waals surface area (Å²) in [5, 5.41) is 16.1. The summed E-state index contributed by atoms with van der Waals surface area (Å²) < 4.78 is 7.45. The number of hydrogen-bond acceptors (Lipinski definition) is 6. The Bertz CT molecular complexity index is 446. The van der Waals surface area contributed by atoms with Crippen LogP contribution in [0, 0.1) is 0 Å². The molecule has 7 heteroatoms. The molecule has 0 spiro atoms. The molecule has 0 unspecified atom stereocenters. The van der Waals surface area contributed by atoms with Gasteiger partial charge < -0.3 is 10.1 Å². The molecule has 80 valence electrons. The van der Waals surface area contributed by atoms with Crippen LogP contribution in [0.15, 0.2) is 6.33 Å². The lowest BCUT2D eigenvalue weighted by atomic mass is 10.0. The Morgan fingerprint density at radius 1 is 1.67 bits per heavy atom. The van der Waals surface area contributed by atoms with Crippen LogP contribution in [0.2, 0.25) is 0 Å². The van der Waals surface area contributed by atoms with Gasteiger partial charge in [0.05, 0.1) is 5.60 Å². The van der Waals surface area contributed by atoms with Gasteiger partial charge in [0.15, 0.2) is 0 Å². The van der Waals surface area contributed by atoms with Crippen LogP contribution in [0.3, 0.4) is 0 Å². The molecule has 0 bridgehead atoms. The largest absolute Gasteiger partial charge is 0.365 e. The monoisotopic (exact) mass is 225 g/mol. The SMILES string of the molecule is CC1(OCc2nn3cnnc3s2)CNC1. The number of nitrogens with one attached hydrogen (secondary N) is 1. The van der Waals surface area contributed by atoms with Crippen LogP contribution in [0.4, 0.5) is 0 Å². The van der Waals surface area contributed by atoms with E-state index in [0.717, 1.165) is 23.1 Å². The molecule has 0 amide bonds. The zero-order valence-electron chi connectivity index (χ0n) is 8.30. The van der Waals surface area contributed by atoms with Crippen LogP contribution in [-0.4, -0.2) is 38.5 Å². The highest BCUT2D eigenvalue weighted by atomic mass is 32.1. The Balaban J connectivity index is 1.70. The van der Waals surface area contributed by atoms with E-state index in [2.05, 4.69) is 27.5 Å². The molecule has 6 nitrogen and oxygen atoms in total.